The van der Waals surface area contributed by atoms with Gasteiger partial charge in [-0.25, -0.2) is 4.79 Å². The molecule has 5 N–H and O–H groups in total. The number of nitrogens with two attached hydrogens (primary N) is 1. The van der Waals surface area contributed by atoms with Crippen LogP contribution in [0.5, 0.6) is 0 Å². The lowest BCUT2D eigenvalue weighted by molar-refractivity contribution is -0.154. The van der Waals surface area contributed by atoms with Crippen LogP contribution in [-0.2, 0) is 14.3 Å². The Kier molecular flexibility index (Phi) is 15.4. The molecule has 1 fully saturated rings. The van der Waals surface area contributed by atoms with Crippen molar-refractivity contribution in [3.05, 3.63) is 48.6 Å². The number of ether oxygens (including phenoxy) is 2. The number of primary amides is 1. The maximum absolute atomic E-state index is 11.5. The van der Waals surface area contributed by atoms with Gasteiger partial charge in [0, 0.05) is 36.5 Å². The third-order valence-corrected chi connectivity index (χ3v) is 7.58. The zero-order valence-corrected chi connectivity index (χ0v) is 24.5. The Morgan fingerprint density at radius 2 is 1.74 bits per heavy atom. The highest BCUT2D eigenvalue weighted by Crippen LogP contribution is 2.29. The molecule has 0 aliphatic carbocycles. The van der Waals surface area contributed by atoms with Gasteiger partial charge in [-0.05, 0) is 32.1 Å². The van der Waals surface area contributed by atoms with Gasteiger partial charge in [0.15, 0.2) is 0 Å². The molecule has 8 nitrogen and oxygen atoms in total. The second-order valence-corrected chi connectivity index (χ2v) is 11.3. The van der Waals surface area contributed by atoms with Crippen LogP contribution in [0.4, 0.5) is 4.79 Å². The molecule has 0 spiro atoms. The van der Waals surface area contributed by atoms with E-state index in [1.165, 1.54) is 0 Å². The molecule has 0 aromatic heterocycles. The highest BCUT2D eigenvalue weighted by atomic mass is 16.6. The third kappa shape index (κ3) is 12.5. The fourth-order valence-corrected chi connectivity index (χ4v) is 5.34. The van der Waals surface area contributed by atoms with Crippen molar-refractivity contribution in [1.82, 2.24) is 0 Å². The second kappa shape index (κ2) is 17.3. The van der Waals surface area contributed by atoms with E-state index >= 15 is 0 Å². The Morgan fingerprint density at radius 1 is 1.08 bits per heavy atom. The normalized spacial score (nSPS) is 23.8. The van der Waals surface area contributed by atoms with Crippen molar-refractivity contribution >= 4 is 12.1 Å². The van der Waals surface area contributed by atoms with Gasteiger partial charge >= 0.3 is 12.1 Å². The molecule has 1 aliphatic rings. The summed E-state index contributed by atoms with van der Waals surface area (Å²) >= 11 is 0. The summed E-state index contributed by atoms with van der Waals surface area (Å²) in [5.74, 6) is -1.22. The lowest BCUT2D eigenvalue weighted by atomic mass is 9.81. The van der Waals surface area contributed by atoms with E-state index in [0.29, 0.717) is 19.3 Å². The minimum atomic E-state index is -0.877. The molecular weight excluding hydrogens is 498 g/mol. The Labute approximate surface area is 234 Å². The number of carbonyl (C=O) groups excluding carboxylic acids is 2. The van der Waals surface area contributed by atoms with E-state index in [1.54, 1.807) is 24.3 Å². The van der Waals surface area contributed by atoms with Crippen molar-refractivity contribution in [1.29, 1.82) is 0 Å². The number of cyclic esters (lactones) is 1. The van der Waals surface area contributed by atoms with Crippen molar-refractivity contribution in [3.63, 3.8) is 0 Å². The highest BCUT2D eigenvalue weighted by molar-refractivity contribution is 5.70. The lowest BCUT2D eigenvalue weighted by Gasteiger charge is -2.33. The number of hydrogen-bond donors (Lipinski definition) is 4. The highest BCUT2D eigenvalue weighted by Gasteiger charge is 2.33. The zero-order chi connectivity index (χ0) is 29.7. The molecule has 1 aliphatic heterocycles. The van der Waals surface area contributed by atoms with E-state index in [9.17, 15) is 24.9 Å². The Hall–Kier alpha value is -2.42. The van der Waals surface area contributed by atoms with Crippen molar-refractivity contribution < 1.29 is 34.4 Å². The number of carbonyl (C=O) groups is 2. The van der Waals surface area contributed by atoms with Crippen LogP contribution in [0.3, 0.4) is 0 Å². The molecular formula is C31H51NO7. The molecule has 1 amide bonds. The smallest absolute Gasteiger partial charge is 0.404 e. The summed E-state index contributed by atoms with van der Waals surface area (Å²) in [4.78, 5) is 22.9. The van der Waals surface area contributed by atoms with Crippen LogP contribution in [0.2, 0.25) is 0 Å². The summed E-state index contributed by atoms with van der Waals surface area (Å²) in [6.45, 7) is 15.1. The molecule has 0 aromatic rings. The fourth-order valence-electron chi connectivity index (χ4n) is 5.34. The monoisotopic (exact) mass is 549 g/mol. The molecule has 0 aromatic carbocycles. The lowest BCUT2D eigenvalue weighted by Crippen LogP contribution is -2.41. The van der Waals surface area contributed by atoms with Gasteiger partial charge in [0.25, 0.3) is 0 Å². The molecule has 1 heterocycles. The summed E-state index contributed by atoms with van der Waals surface area (Å²) in [6, 6.07) is 0. The summed E-state index contributed by atoms with van der Waals surface area (Å²) < 4.78 is 10.6. The first kappa shape index (κ1) is 34.6. The van der Waals surface area contributed by atoms with Gasteiger partial charge in [0.1, 0.15) is 12.2 Å². The van der Waals surface area contributed by atoms with E-state index in [-0.39, 0.29) is 41.7 Å². The summed E-state index contributed by atoms with van der Waals surface area (Å²) in [5.41, 5.74) is 6.32. The predicted octanol–water partition coefficient (Wildman–Crippen LogP) is 4.83. The Morgan fingerprint density at radius 3 is 2.33 bits per heavy atom. The fraction of sp³-hybridized carbons (Fsp3) is 0.677. The van der Waals surface area contributed by atoms with Crippen LogP contribution < -0.4 is 5.73 Å². The van der Waals surface area contributed by atoms with E-state index in [1.807, 2.05) is 53.7 Å². The van der Waals surface area contributed by atoms with E-state index in [2.05, 4.69) is 6.58 Å². The van der Waals surface area contributed by atoms with Crippen LogP contribution in [0.25, 0.3) is 0 Å². The molecule has 1 rings (SSSR count). The minimum Gasteiger partial charge on any atom is -0.462 e. The van der Waals surface area contributed by atoms with E-state index in [0.717, 1.165) is 18.4 Å². The molecule has 10 atom stereocenters. The molecule has 39 heavy (non-hydrogen) atoms. The Bertz CT molecular complexity index is 867. The predicted molar refractivity (Wildman–Crippen MR) is 153 cm³/mol. The maximum atomic E-state index is 11.5. The van der Waals surface area contributed by atoms with Crippen molar-refractivity contribution in [2.45, 2.75) is 104 Å². The quantitative estimate of drug-likeness (QED) is 0.123. The van der Waals surface area contributed by atoms with Crippen LogP contribution in [-0.4, -0.2) is 57.9 Å². The average Bonchev–Trinajstić information content (AvgIpc) is 2.87. The average molecular weight is 550 g/mol. The number of aliphatic hydroxyl groups excluding tert-OH is 3. The number of hydrogen-bond acceptors (Lipinski definition) is 7. The van der Waals surface area contributed by atoms with E-state index < -0.39 is 30.5 Å². The van der Waals surface area contributed by atoms with Crippen LogP contribution in [0.15, 0.2) is 48.6 Å². The number of rotatable bonds is 16. The van der Waals surface area contributed by atoms with Gasteiger partial charge in [0.05, 0.1) is 18.3 Å². The van der Waals surface area contributed by atoms with Crippen molar-refractivity contribution in [3.8, 4) is 0 Å². The molecule has 1 saturated heterocycles. The van der Waals surface area contributed by atoms with E-state index in [4.69, 9.17) is 15.2 Å². The Balaban J connectivity index is 2.71. The zero-order valence-electron chi connectivity index (χ0n) is 24.5. The minimum absolute atomic E-state index is 0.128. The molecule has 0 bridgehead atoms. The number of esters is 1. The van der Waals surface area contributed by atoms with Gasteiger partial charge in [-0.2, -0.15) is 0 Å². The number of aliphatic hydroxyl groups is 3. The first-order chi connectivity index (χ1) is 18.3. The first-order valence-electron chi connectivity index (χ1n) is 14.1. The molecule has 0 saturated carbocycles. The molecule has 0 radical (unpaired) electrons. The number of allylic oxidation sites excluding steroid dienone is 3. The van der Waals surface area contributed by atoms with Gasteiger partial charge in [-0.1, -0.05) is 83.2 Å². The summed E-state index contributed by atoms with van der Waals surface area (Å²) in [7, 11) is 0. The number of amides is 1. The van der Waals surface area contributed by atoms with Crippen LogP contribution in [0.1, 0.15) is 73.6 Å². The summed E-state index contributed by atoms with van der Waals surface area (Å²) in [6.07, 6.45) is 9.78. The maximum Gasteiger partial charge on any atom is 0.404 e. The largest absolute Gasteiger partial charge is 0.462 e. The van der Waals surface area contributed by atoms with Gasteiger partial charge < -0.3 is 30.5 Å². The molecule has 222 valence electrons. The topological polar surface area (TPSA) is 139 Å². The third-order valence-electron chi connectivity index (χ3n) is 7.58. The van der Waals surface area contributed by atoms with Gasteiger partial charge in [-0.15, -0.1) is 0 Å². The molecule has 8 heteroatoms. The molecule has 10 unspecified atom stereocenters. The van der Waals surface area contributed by atoms with Crippen molar-refractivity contribution in [2.24, 2.45) is 35.3 Å². The second-order valence-electron chi connectivity index (χ2n) is 11.3. The summed E-state index contributed by atoms with van der Waals surface area (Å²) in [5, 5.41) is 32.2. The van der Waals surface area contributed by atoms with Crippen LogP contribution in [0, 0.1) is 29.6 Å². The van der Waals surface area contributed by atoms with Crippen molar-refractivity contribution in [2.75, 3.05) is 0 Å². The SMILES string of the molecule is C=C/C=C/C(C)C(OC(N)=O)C(C)C(O)C(C)C/C(C)=C/C(C)C(O)C(C)/C=C/C(O)CC1CCCC(=O)O1. The standard InChI is InChI=1S/C31H51NO7/c1-8-9-11-21(4)30(39-31(32)37)24(7)29(36)23(6)17-19(2)16-22(5)28(35)20(3)14-15-25(33)18-26-12-10-13-27(34)38-26/h8-9,11,14-16,20-26,28-30,33,35-36H,1,10,12-13,17-18H2,2-7H3,(H2,32,37)/b11-9+,15-14+,19-16+. The van der Waals surface area contributed by atoms with Gasteiger partial charge in [0.2, 0.25) is 0 Å². The van der Waals surface area contributed by atoms with Crippen LogP contribution >= 0.6 is 0 Å². The first-order valence-corrected chi connectivity index (χ1v) is 14.1. The van der Waals surface area contributed by atoms with Gasteiger partial charge in [-0.3, -0.25) is 4.79 Å².